The van der Waals surface area contributed by atoms with E-state index in [0.29, 0.717) is 10.6 Å². The monoisotopic (exact) mass is 424 g/mol. The lowest BCUT2D eigenvalue weighted by atomic mass is 10.1. The van der Waals surface area contributed by atoms with Crippen LogP contribution < -0.4 is 5.32 Å². The third-order valence-electron chi connectivity index (χ3n) is 5.11. The average Bonchev–Trinajstić information content (AvgIpc) is 3.11. The molecule has 0 aliphatic carbocycles. The standard InChI is InChI=1S/C23H24N2O4S/c1-16-19-4-2-3-5-20(19)30-22(16)23(27)29-15-21(26)24-18-8-6-17(7-9-18)14-25-10-12-28-13-11-25/h2-9H,10-15H2,1H3,(H,24,26). The highest BCUT2D eigenvalue weighted by Crippen LogP contribution is 2.30. The lowest BCUT2D eigenvalue weighted by Gasteiger charge is -2.26. The zero-order chi connectivity index (χ0) is 20.9. The van der Waals surface area contributed by atoms with Gasteiger partial charge < -0.3 is 14.8 Å². The van der Waals surface area contributed by atoms with Crippen molar-refractivity contribution >= 4 is 39.0 Å². The van der Waals surface area contributed by atoms with Gasteiger partial charge in [-0.2, -0.15) is 0 Å². The molecule has 2 heterocycles. The summed E-state index contributed by atoms with van der Waals surface area (Å²) in [6, 6.07) is 15.6. The topological polar surface area (TPSA) is 67.9 Å². The summed E-state index contributed by atoms with van der Waals surface area (Å²) < 4.78 is 11.6. The number of rotatable bonds is 6. The van der Waals surface area contributed by atoms with Crippen LogP contribution in [0.4, 0.5) is 5.69 Å². The number of carbonyl (C=O) groups is 2. The van der Waals surface area contributed by atoms with Crippen molar-refractivity contribution in [3.8, 4) is 0 Å². The van der Waals surface area contributed by atoms with Gasteiger partial charge in [-0.25, -0.2) is 4.79 Å². The molecule has 0 saturated carbocycles. The highest BCUT2D eigenvalue weighted by molar-refractivity contribution is 7.21. The Balaban J connectivity index is 1.28. The molecule has 1 amide bonds. The minimum atomic E-state index is -0.468. The molecule has 0 spiro atoms. The van der Waals surface area contributed by atoms with Crippen molar-refractivity contribution in [3.63, 3.8) is 0 Å². The number of hydrogen-bond acceptors (Lipinski definition) is 6. The van der Waals surface area contributed by atoms with E-state index >= 15 is 0 Å². The summed E-state index contributed by atoms with van der Waals surface area (Å²) in [5, 5.41) is 3.81. The van der Waals surface area contributed by atoms with E-state index in [1.807, 2.05) is 55.5 Å². The zero-order valence-corrected chi connectivity index (χ0v) is 17.7. The van der Waals surface area contributed by atoms with Gasteiger partial charge in [-0.3, -0.25) is 9.69 Å². The smallest absolute Gasteiger partial charge is 0.349 e. The van der Waals surface area contributed by atoms with Crippen LogP contribution in [-0.2, 0) is 20.8 Å². The summed E-state index contributed by atoms with van der Waals surface area (Å²) in [5.41, 5.74) is 2.75. The number of aryl methyl sites for hydroxylation is 1. The molecule has 0 bridgehead atoms. The maximum atomic E-state index is 12.4. The number of hydrogen-bond donors (Lipinski definition) is 1. The fourth-order valence-corrected chi connectivity index (χ4v) is 4.58. The van der Waals surface area contributed by atoms with Gasteiger partial charge in [0, 0.05) is 30.0 Å². The maximum absolute atomic E-state index is 12.4. The zero-order valence-electron chi connectivity index (χ0n) is 16.8. The molecular formula is C23H24N2O4S. The largest absolute Gasteiger partial charge is 0.451 e. The van der Waals surface area contributed by atoms with Crippen LogP contribution in [-0.4, -0.2) is 49.7 Å². The lowest BCUT2D eigenvalue weighted by Crippen LogP contribution is -2.35. The van der Waals surface area contributed by atoms with Crippen LogP contribution in [0, 0.1) is 6.92 Å². The van der Waals surface area contributed by atoms with Crippen molar-refractivity contribution < 1.29 is 19.1 Å². The Morgan fingerprint density at radius 1 is 1.10 bits per heavy atom. The molecule has 3 aromatic rings. The molecular weight excluding hydrogens is 400 g/mol. The molecule has 1 aromatic heterocycles. The third-order valence-corrected chi connectivity index (χ3v) is 6.36. The first-order chi connectivity index (χ1) is 14.6. The van der Waals surface area contributed by atoms with Gasteiger partial charge in [0.05, 0.1) is 13.2 Å². The van der Waals surface area contributed by atoms with E-state index in [2.05, 4.69) is 10.2 Å². The molecule has 7 heteroatoms. The Labute approximate surface area is 179 Å². The molecule has 1 fully saturated rings. The SMILES string of the molecule is Cc1c(C(=O)OCC(=O)Nc2ccc(CN3CCOCC3)cc2)sc2ccccc12. The van der Waals surface area contributed by atoms with Crippen molar-refractivity contribution in [2.24, 2.45) is 0 Å². The van der Waals surface area contributed by atoms with Crippen LogP contribution in [0.1, 0.15) is 20.8 Å². The number of fused-ring (bicyclic) bond motifs is 1. The van der Waals surface area contributed by atoms with Crippen molar-refractivity contribution in [3.05, 3.63) is 64.5 Å². The van der Waals surface area contributed by atoms with Crippen molar-refractivity contribution in [1.82, 2.24) is 4.90 Å². The Hall–Kier alpha value is -2.74. The number of carbonyl (C=O) groups excluding carboxylic acids is 2. The van der Waals surface area contributed by atoms with Crippen LogP contribution in [0.5, 0.6) is 0 Å². The molecule has 1 aliphatic heterocycles. The molecule has 1 N–H and O–H groups in total. The van der Waals surface area contributed by atoms with Crippen molar-refractivity contribution in [2.45, 2.75) is 13.5 Å². The van der Waals surface area contributed by atoms with Gasteiger partial charge >= 0.3 is 5.97 Å². The van der Waals surface area contributed by atoms with Gasteiger partial charge in [-0.1, -0.05) is 30.3 Å². The predicted molar refractivity (Wildman–Crippen MR) is 118 cm³/mol. The van der Waals surface area contributed by atoms with Gasteiger partial charge in [-0.05, 0) is 41.6 Å². The summed E-state index contributed by atoms with van der Waals surface area (Å²) in [4.78, 5) is 27.5. The second-order valence-corrected chi connectivity index (χ2v) is 8.31. The first-order valence-electron chi connectivity index (χ1n) is 9.94. The van der Waals surface area contributed by atoms with Crippen LogP contribution in [0.3, 0.4) is 0 Å². The van der Waals surface area contributed by atoms with E-state index in [1.165, 1.54) is 16.9 Å². The van der Waals surface area contributed by atoms with Gasteiger partial charge in [0.25, 0.3) is 5.91 Å². The molecule has 0 unspecified atom stereocenters. The van der Waals surface area contributed by atoms with Gasteiger partial charge in [0.1, 0.15) is 4.88 Å². The highest BCUT2D eigenvalue weighted by Gasteiger charge is 2.18. The lowest BCUT2D eigenvalue weighted by molar-refractivity contribution is -0.119. The molecule has 1 saturated heterocycles. The predicted octanol–water partition coefficient (Wildman–Crippen LogP) is 3.84. The molecule has 6 nitrogen and oxygen atoms in total. The van der Waals surface area contributed by atoms with Gasteiger partial charge in [0.2, 0.25) is 0 Å². The maximum Gasteiger partial charge on any atom is 0.349 e. The first-order valence-corrected chi connectivity index (χ1v) is 10.8. The van der Waals surface area contributed by atoms with Gasteiger partial charge in [-0.15, -0.1) is 11.3 Å². The number of thiophene rings is 1. The normalized spacial score (nSPS) is 14.6. The van der Waals surface area contributed by atoms with Crippen LogP contribution >= 0.6 is 11.3 Å². The molecule has 0 radical (unpaired) electrons. The number of benzene rings is 2. The van der Waals surface area contributed by atoms with Crippen LogP contribution in [0.2, 0.25) is 0 Å². The number of nitrogens with zero attached hydrogens (tertiary/aromatic N) is 1. The molecule has 0 atom stereocenters. The summed E-state index contributed by atoms with van der Waals surface area (Å²) in [6.45, 7) is 5.85. The minimum absolute atomic E-state index is 0.317. The second kappa shape index (κ2) is 9.38. The van der Waals surface area contributed by atoms with Crippen molar-refractivity contribution in [1.29, 1.82) is 0 Å². The fourth-order valence-electron chi connectivity index (χ4n) is 3.47. The highest BCUT2D eigenvalue weighted by atomic mass is 32.1. The molecule has 2 aromatic carbocycles. The number of anilines is 1. The summed E-state index contributed by atoms with van der Waals surface area (Å²) in [7, 11) is 0. The van der Waals surface area contributed by atoms with Crippen molar-refractivity contribution in [2.75, 3.05) is 38.2 Å². The number of nitrogens with one attached hydrogen (secondary N) is 1. The number of morpholine rings is 1. The Morgan fingerprint density at radius 2 is 1.83 bits per heavy atom. The van der Waals surface area contributed by atoms with E-state index in [9.17, 15) is 9.59 Å². The number of esters is 1. The molecule has 30 heavy (non-hydrogen) atoms. The van der Waals surface area contributed by atoms with Crippen LogP contribution in [0.15, 0.2) is 48.5 Å². The molecule has 4 rings (SSSR count). The minimum Gasteiger partial charge on any atom is -0.451 e. The third kappa shape index (κ3) is 4.87. The fraction of sp³-hybridized carbons (Fsp3) is 0.304. The summed E-state index contributed by atoms with van der Waals surface area (Å²) in [5.74, 6) is -0.826. The number of amides is 1. The Kier molecular flexibility index (Phi) is 6.42. The Bertz CT molecular complexity index is 1040. The van der Waals surface area contributed by atoms with Gasteiger partial charge in [0.15, 0.2) is 6.61 Å². The van der Waals surface area contributed by atoms with E-state index in [0.717, 1.165) is 48.5 Å². The molecule has 156 valence electrons. The Morgan fingerprint density at radius 3 is 2.57 bits per heavy atom. The van der Waals surface area contributed by atoms with E-state index in [1.54, 1.807) is 0 Å². The van der Waals surface area contributed by atoms with E-state index < -0.39 is 5.97 Å². The molecule has 1 aliphatic rings. The van der Waals surface area contributed by atoms with E-state index in [4.69, 9.17) is 9.47 Å². The second-order valence-electron chi connectivity index (χ2n) is 7.26. The average molecular weight is 425 g/mol. The first kappa shape index (κ1) is 20.5. The van der Waals surface area contributed by atoms with Crippen LogP contribution in [0.25, 0.3) is 10.1 Å². The number of ether oxygens (including phenoxy) is 2. The van der Waals surface area contributed by atoms with E-state index in [-0.39, 0.29) is 12.5 Å². The summed E-state index contributed by atoms with van der Waals surface area (Å²) >= 11 is 1.39. The summed E-state index contributed by atoms with van der Waals surface area (Å²) in [6.07, 6.45) is 0. The quantitative estimate of drug-likeness (QED) is 0.609.